The molecule has 0 aliphatic rings. The molecule has 0 aromatic heterocycles. The Morgan fingerprint density at radius 3 is 2.63 bits per heavy atom. The Kier molecular flexibility index (Phi) is 5.25. The first-order valence-corrected chi connectivity index (χ1v) is 6.01. The highest BCUT2D eigenvalue weighted by molar-refractivity contribution is 9.10. The van der Waals surface area contributed by atoms with Gasteiger partial charge in [-0.15, -0.1) is 0 Å². The maximum absolute atomic E-state index is 13.2. The van der Waals surface area contributed by atoms with Crippen LogP contribution in [0, 0.1) is 12.7 Å². The van der Waals surface area contributed by atoms with E-state index >= 15 is 0 Å². The molecule has 0 aliphatic heterocycles. The molecule has 4 N–H and O–H groups in total. The van der Waals surface area contributed by atoms with Gasteiger partial charge in [0.15, 0.2) is 6.04 Å². The van der Waals surface area contributed by atoms with Crippen molar-refractivity contribution in [2.75, 3.05) is 11.9 Å². The van der Waals surface area contributed by atoms with Gasteiger partial charge in [-0.3, -0.25) is 0 Å². The molecule has 0 heterocycles. The molecule has 1 unspecified atom stereocenters. The molecule has 1 aromatic rings. The second kappa shape index (κ2) is 6.48. The van der Waals surface area contributed by atoms with Gasteiger partial charge in [0.1, 0.15) is 5.82 Å². The second-order valence-electron chi connectivity index (χ2n) is 3.75. The van der Waals surface area contributed by atoms with Crippen molar-refractivity contribution in [3.63, 3.8) is 0 Å². The Balaban J connectivity index is 2.77. The van der Waals surface area contributed by atoms with Crippen molar-refractivity contribution in [1.82, 2.24) is 5.32 Å². The minimum absolute atomic E-state index is 0.172. The molecular weight excluding hydrogens is 323 g/mol. The summed E-state index contributed by atoms with van der Waals surface area (Å²) in [7, 11) is 0. The van der Waals surface area contributed by atoms with E-state index in [1.165, 1.54) is 12.1 Å². The summed E-state index contributed by atoms with van der Waals surface area (Å²) in [6.45, 7) is 0.862. The summed E-state index contributed by atoms with van der Waals surface area (Å²) in [6, 6.07) is 0.381. The van der Waals surface area contributed by atoms with E-state index < -0.39 is 30.5 Å². The number of aliphatic hydroxyl groups excluding tert-OH is 1. The molecule has 0 aliphatic carbocycles. The van der Waals surface area contributed by atoms with Crippen molar-refractivity contribution < 1.29 is 24.2 Å². The number of aliphatic carboxylic acids is 1. The van der Waals surface area contributed by atoms with E-state index in [2.05, 4.69) is 26.6 Å². The summed E-state index contributed by atoms with van der Waals surface area (Å²) in [5.74, 6) is -1.82. The molecular formula is C11H12BrFN2O4. The monoisotopic (exact) mass is 334 g/mol. The first-order chi connectivity index (χ1) is 8.85. The van der Waals surface area contributed by atoms with Crippen LogP contribution < -0.4 is 10.6 Å². The molecule has 0 fully saturated rings. The van der Waals surface area contributed by atoms with Gasteiger partial charge in [0.2, 0.25) is 0 Å². The predicted octanol–water partition coefficient (Wildman–Crippen LogP) is 1.46. The molecule has 1 atom stereocenters. The normalized spacial score (nSPS) is 11.8. The number of hydrogen-bond donors (Lipinski definition) is 4. The fourth-order valence-corrected chi connectivity index (χ4v) is 1.63. The quantitative estimate of drug-likeness (QED) is 0.670. The molecule has 6 nitrogen and oxygen atoms in total. The number of halogens is 2. The fourth-order valence-electron chi connectivity index (χ4n) is 1.28. The number of hydrogen-bond acceptors (Lipinski definition) is 3. The van der Waals surface area contributed by atoms with Gasteiger partial charge in [0, 0.05) is 5.69 Å². The predicted molar refractivity (Wildman–Crippen MR) is 69.5 cm³/mol. The van der Waals surface area contributed by atoms with Crippen molar-refractivity contribution in [1.29, 1.82) is 0 Å². The molecule has 0 spiro atoms. The number of rotatable bonds is 4. The maximum atomic E-state index is 13.2. The first kappa shape index (κ1) is 15.4. The largest absolute Gasteiger partial charge is 0.480 e. The van der Waals surface area contributed by atoms with E-state index in [0.29, 0.717) is 11.3 Å². The van der Waals surface area contributed by atoms with E-state index in [1.807, 2.05) is 0 Å². The number of benzene rings is 1. The lowest BCUT2D eigenvalue weighted by molar-refractivity contribution is -0.140. The van der Waals surface area contributed by atoms with Crippen LogP contribution in [-0.2, 0) is 4.79 Å². The number of carboxylic acids is 1. The lowest BCUT2D eigenvalue weighted by Gasteiger charge is -2.14. The summed E-state index contributed by atoms with van der Waals surface area (Å²) in [4.78, 5) is 22.2. The van der Waals surface area contributed by atoms with E-state index in [-0.39, 0.29) is 4.47 Å². The average molecular weight is 335 g/mol. The highest BCUT2D eigenvalue weighted by atomic mass is 79.9. The summed E-state index contributed by atoms with van der Waals surface area (Å²) < 4.78 is 13.4. The molecule has 104 valence electrons. The zero-order valence-corrected chi connectivity index (χ0v) is 11.5. The third-order valence-electron chi connectivity index (χ3n) is 2.30. The van der Waals surface area contributed by atoms with E-state index in [0.717, 1.165) is 0 Å². The number of nitrogens with one attached hydrogen (secondary N) is 2. The van der Waals surface area contributed by atoms with Gasteiger partial charge >= 0.3 is 12.0 Å². The zero-order chi connectivity index (χ0) is 14.6. The van der Waals surface area contributed by atoms with E-state index in [9.17, 15) is 14.0 Å². The van der Waals surface area contributed by atoms with Crippen LogP contribution in [0.5, 0.6) is 0 Å². The molecule has 19 heavy (non-hydrogen) atoms. The van der Waals surface area contributed by atoms with Gasteiger partial charge in [-0.2, -0.15) is 0 Å². The van der Waals surface area contributed by atoms with Crippen LogP contribution in [0.3, 0.4) is 0 Å². The van der Waals surface area contributed by atoms with Gasteiger partial charge in [-0.25, -0.2) is 14.0 Å². The van der Waals surface area contributed by atoms with E-state index in [4.69, 9.17) is 10.2 Å². The number of anilines is 1. The zero-order valence-electron chi connectivity index (χ0n) is 9.91. The van der Waals surface area contributed by atoms with Gasteiger partial charge in [0.05, 0.1) is 11.1 Å². The lowest BCUT2D eigenvalue weighted by Crippen LogP contribution is -2.45. The molecule has 0 radical (unpaired) electrons. The number of carboxylic acid groups (broad SMARTS) is 1. The summed E-state index contributed by atoms with van der Waals surface area (Å²) in [5, 5.41) is 21.9. The molecule has 0 saturated heterocycles. The third kappa shape index (κ3) is 4.18. The highest BCUT2D eigenvalue weighted by Crippen LogP contribution is 2.24. The number of amides is 2. The molecule has 1 rings (SSSR count). The van der Waals surface area contributed by atoms with Crippen LogP contribution in [-0.4, -0.2) is 34.9 Å². The Morgan fingerprint density at radius 2 is 2.11 bits per heavy atom. The van der Waals surface area contributed by atoms with Crippen LogP contribution in [0.2, 0.25) is 0 Å². The van der Waals surface area contributed by atoms with Crippen molar-refractivity contribution in [3.05, 3.63) is 28.0 Å². The molecule has 0 saturated carbocycles. The van der Waals surface area contributed by atoms with Gasteiger partial charge < -0.3 is 20.8 Å². The third-order valence-corrected chi connectivity index (χ3v) is 2.91. The topological polar surface area (TPSA) is 98.7 Å². The molecule has 2 amide bonds. The number of carbonyl (C=O) groups is 2. The van der Waals surface area contributed by atoms with Crippen molar-refractivity contribution in [2.24, 2.45) is 0 Å². The Bertz CT molecular complexity index is 510. The number of urea groups is 1. The van der Waals surface area contributed by atoms with Crippen molar-refractivity contribution >= 4 is 33.6 Å². The number of carbonyl (C=O) groups excluding carboxylic acids is 1. The Morgan fingerprint density at radius 1 is 1.47 bits per heavy atom. The molecule has 8 heteroatoms. The fraction of sp³-hybridized carbons (Fsp3) is 0.273. The lowest BCUT2D eigenvalue weighted by atomic mass is 10.2. The summed E-state index contributed by atoms with van der Waals surface area (Å²) >= 11 is 2.98. The maximum Gasteiger partial charge on any atom is 0.328 e. The minimum atomic E-state index is -1.40. The highest BCUT2D eigenvalue weighted by Gasteiger charge is 2.19. The van der Waals surface area contributed by atoms with Crippen LogP contribution >= 0.6 is 15.9 Å². The van der Waals surface area contributed by atoms with E-state index in [1.54, 1.807) is 6.92 Å². The summed E-state index contributed by atoms with van der Waals surface area (Å²) in [5.41, 5.74) is 0.805. The van der Waals surface area contributed by atoms with Gasteiger partial charge in [-0.1, -0.05) is 0 Å². The minimum Gasteiger partial charge on any atom is -0.480 e. The summed E-state index contributed by atoms with van der Waals surface area (Å²) in [6.07, 6.45) is 0. The van der Waals surface area contributed by atoms with Crippen LogP contribution in [0.4, 0.5) is 14.9 Å². The Labute approximate surface area is 116 Å². The van der Waals surface area contributed by atoms with Crippen LogP contribution in [0.15, 0.2) is 16.6 Å². The van der Waals surface area contributed by atoms with Gasteiger partial charge in [0.25, 0.3) is 0 Å². The first-order valence-electron chi connectivity index (χ1n) is 5.22. The van der Waals surface area contributed by atoms with Crippen molar-refractivity contribution in [2.45, 2.75) is 13.0 Å². The second-order valence-corrected chi connectivity index (χ2v) is 4.61. The average Bonchev–Trinajstić information content (AvgIpc) is 2.32. The molecule has 0 bridgehead atoms. The van der Waals surface area contributed by atoms with Gasteiger partial charge in [-0.05, 0) is 40.5 Å². The Hall–Kier alpha value is -1.67. The van der Waals surface area contributed by atoms with Crippen LogP contribution in [0.1, 0.15) is 5.56 Å². The smallest absolute Gasteiger partial charge is 0.328 e. The number of aryl methyl sites for hydroxylation is 1. The van der Waals surface area contributed by atoms with Crippen LogP contribution in [0.25, 0.3) is 0 Å². The molecule has 1 aromatic carbocycles. The van der Waals surface area contributed by atoms with Crippen molar-refractivity contribution in [3.8, 4) is 0 Å². The SMILES string of the molecule is Cc1cc(F)c(Br)cc1NC(=O)NC(CO)C(=O)O. The standard InChI is InChI=1S/C11H12BrFN2O4/c1-5-2-7(13)6(12)3-8(5)14-11(19)15-9(4-16)10(17)18/h2-3,9,16H,4H2,1H3,(H,17,18)(H2,14,15,19). The number of aliphatic hydroxyl groups is 1.